The molecular formula is C24H19BrN2O3. The van der Waals surface area contributed by atoms with Crippen molar-refractivity contribution < 1.29 is 14.2 Å². The van der Waals surface area contributed by atoms with Crippen LogP contribution in [0.25, 0.3) is 0 Å². The molecule has 0 aromatic heterocycles. The van der Waals surface area contributed by atoms with E-state index < -0.39 is 0 Å². The molecule has 2 atom stereocenters. The molecule has 3 aliphatic rings. The summed E-state index contributed by atoms with van der Waals surface area (Å²) in [5, 5.41) is 7.12. The topological polar surface area (TPSA) is 43.3 Å². The van der Waals surface area contributed by atoms with Crippen LogP contribution in [-0.2, 0) is 0 Å². The molecule has 0 fully saturated rings. The van der Waals surface area contributed by atoms with Crippen molar-refractivity contribution in [2.45, 2.75) is 18.7 Å². The van der Waals surface area contributed by atoms with Gasteiger partial charge in [0.05, 0.1) is 11.8 Å². The number of nitrogens with zero attached hydrogens (tertiary/aromatic N) is 2. The molecule has 0 spiro atoms. The van der Waals surface area contributed by atoms with Crippen LogP contribution in [0.1, 0.15) is 35.4 Å². The first-order valence-corrected chi connectivity index (χ1v) is 10.8. The number of para-hydroxylation sites is 1. The van der Waals surface area contributed by atoms with E-state index in [0.717, 1.165) is 45.0 Å². The second-order valence-corrected chi connectivity index (χ2v) is 8.48. The minimum absolute atomic E-state index is 0.127. The molecule has 3 aromatic carbocycles. The van der Waals surface area contributed by atoms with E-state index in [1.807, 2.05) is 36.4 Å². The number of fused-ring (bicyclic) bond motifs is 4. The largest absolute Gasteiger partial charge is 0.486 e. The van der Waals surface area contributed by atoms with Crippen LogP contribution in [0.4, 0.5) is 0 Å². The zero-order valence-electron chi connectivity index (χ0n) is 16.1. The molecule has 3 aromatic rings. The normalized spacial score (nSPS) is 21.4. The van der Waals surface area contributed by atoms with Crippen LogP contribution in [0.2, 0.25) is 0 Å². The third-order valence-corrected chi connectivity index (χ3v) is 6.20. The second-order valence-electron chi connectivity index (χ2n) is 7.57. The monoisotopic (exact) mass is 462 g/mol. The minimum atomic E-state index is -0.280. The zero-order chi connectivity index (χ0) is 20.1. The number of benzene rings is 3. The maximum atomic E-state index is 6.41. The summed E-state index contributed by atoms with van der Waals surface area (Å²) < 4.78 is 18.9. The molecule has 6 heteroatoms. The van der Waals surface area contributed by atoms with Crippen molar-refractivity contribution in [3.63, 3.8) is 0 Å². The Bertz CT molecular complexity index is 1160. The summed E-state index contributed by atoms with van der Waals surface area (Å²) in [6.07, 6.45) is 0.530. The first-order chi connectivity index (χ1) is 14.8. The number of hydrazone groups is 1. The predicted octanol–water partition coefficient (Wildman–Crippen LogP) is 5.46. The lowest BCUT2D eigenvalue weighted by molar-refractivity contribution is -0.0190. The summed E-state index contributed by atoms with van der Waals surface area (Å²) in [5.74, 6) is 2.50. The van der Waals surface area contributed by atoms with E-state index >= 15 is 0 Å². The van der Waals surface area contributed by atoms with E-state index in [1.54, 1.807) is 0 Å². The molecular weight excluding hydrogens is 444 g/mol. The van der Waals surface area contributed by atoms with Gasteiger partial charge < -0.3 is 14.2 Å². The molecule has 0 aliphatic carbocycles. The van der Waals surface area contributed by atoms with Gasteiger partial charge >= 0.3 is 0 Å². The molecule has 0 radical (unpaired) electrons. The number of rotatable bonds is 2. The Kier molecular flexibility index (Phi) is 4.20. The average Bonchev–Trinajstić information content (AvgIpc) is 3.24. The number of hydrogen-bond donors (Lipinski definition) is 0. The lowest BCUT2D eigenvalue weighted by Crippen LogP contribution is -2.33. The van der Waals surface area contributed by atoms with Gasteiger partial charge in [-0.15, -0.1) is 0 Å². The van der Waals surface area contributed by atoms with E-state index in [1.165, 1.54) is 5.56 Å². The summed E-state index contributed by atoms with van der Waals surface area (Å²) in [4.78, 5) is 0. The van der Waals surface area contributed by atoms with E-state index in [2.05, 4.69) is 51.3 Å². The van der Waals surface area contributed by atoms with Crippen LogP contribution in [0.3, 0.4) is 0 Å². The first-order valence-electron chi connectivity index (χ1n) is 10.0. The number of hydrogen-bond acceptors (Lipinski definition) is 5. The zero-order valence-corrected chi connectivity index (χ0v) is 17.7. The average molecular weight is 463 g/mol. The molecule has 0 saturated carbocycles. The van der Waals surface area contributed by atoms with Crippen molar-refractivity contribution in [2.24, 2.45) is 5.10 Å². The molecule has 0 N–H and O–H groups in total. The van der Waals surface area contributed by atoms with Crippen LogP contribution >= 0.6 is 15.9 Å². The van der Waals surface area contributed by atoms with Crippen LogP contribution in [0.15, 0.2) is 76.3 Å². The highest BCUT2D eigenvalue weighted by Gasteiger charge is 2.41. The molecule has 150 valence electrons. The van der Waals surface area contributed by atoms with Crippen LogP contribution in [0, 0.1) is 0 Å². The lowest BCUT2D eigenvalue weighted by atomic mass is 9.96. The van der Waals surface area contributed by atoms with Gasteiger partial charge in [0.15, 0.2) is 11.5 Å². The lowest BCUT2D eigenvalue weighted by Gasteiger charge is -2.38. The van der Waals surface area contributed by atoms with Gasteiger partial charge in [0, 0.05) is 27.6 Å². The fourth-order valence-corrected chi connectivity index (χ4v) is 4.73. The Hall–Kier alpha value is -2.99. The number of halogens is 1. The van der Waals surface area contributed by atoms with E-state index in [-0.39, 0.29) is 12.3 Å². The van der Waals surface area contributed by atoms with Crippen molar-refractivity contribution in [3.05, 3.63) is 87.9 Å². The van der Waals surface area contributed by atoms with Gasteiger partial charge in [-0.05, 0) is 36.4 Å². The van der Waals surface area contributed by atoms with Crippen molar-refractivity contribution in [1.29, 1.82) is 0 Å². The van der Waals surface area contributed by atoms with E-state index in [9.17, 15) is 0 Å². The van der Waals surface area contributed by atoms with Crippen LogP contribution in [0.5, 0.6) is 17.2 Å². The van der Waals surface area contributed by atoms with Gasteiger partial charge in [0.25, 0.3) is 0 Å². The Balaban J connectivity index is 1.42. The third kappa shape index (κ3) is 2.94. The SMILES string of the molecule is Brc1cccc(C2Oc3ccccc3C3CC(c4ccc5c(c4)OCCO5)=NN32)c1. The predicted molar refractivity (Wildman–Crippen MR) is 117 cm³/mol. The Labute approximate surface area is 183 Å². The molecule has 6 rings (SSSR count). The van der Waals surface area contributed by atoms with Gasteiger partial charge in [-0.25, -0.2) is 5.01 Å². The molecule has 30 heavy (non-hydrogen) atoms. The van der Waals surface area contributed by atoms with Gasteiger partial charge in [0.1, 0.15) is 19.0 Å². The summed E-state index contributed by atoms with van der Waals surface area (Å²) in [5.41, 5.74) is 4.31. The summed E-state index contributed by atoms with van der Waals surface area (Å²) in [7, 11) is 0. The fraction of sp³-hybridized carbons (Fsp3) is 0.208. The summed E-state index contributed by atoms with van der Waals surface area (Å²) in [6.45, 7) is 1.16. The molecule has 3 aliphatic heterocycles. The van der Waals surface area contributed by atoms with Crippen molar-refractivity contribution >= 4 is 21.6 Å². The van der Waals surface area contributed by atoms with Crippen molar-refractivity contribution in [2.75, 3.05) is 13.2 Å². The van der Waals surface area contributed by atoms with E-state index in [0.29, 0.717) is 13.2 Å². The quantitative estimate of drug-likeness (QED) is 0.506. The maximum Gasteiger partial charge on any atom is 0.213 e. The highest BCUT2D eigenvalue weighted by molar-refractivity contribution is 9.10. The van der Waals surface area contributed by atoms with Crippen molar-refractivity contribution in [1.82, 2.24) is 5.01 Å². The Morgan fingerprint density at radius 2 is 1.73 bits per heavy atom. The van der Waals surface area contributed by atoms with Crippen molar-refractivity contribution in [3.8, 4) is 17.2 Å². The standard InChI is InChI=1S/C24H19BrN2O3/c25-17-5-3-4-16(12-17)24-27-20(18-6-1-2-7-21(18)30-24)14-19(26-27)15-8-9-22-23(13-15)29-11-10-28-22/h1-9,12-13,20,24H,10-11,14H2. The van der Waals surface area contributed by atoms with Gasteiger partial charge in [-0.3, -0.25) is 0 Å². The summed E-state index contributed by atoms with van der Waals surface area (Å²) >= 11 is 3.58. The first kappa shape index (κ1) is 17.8. The minimum Gasteiger partial charge on any atom is -0.486 e. The molecule has 0 saturated heterocycles. The second kappa shape index (κ2) is 7.06. The smallest absolute Gasteiger partial charge is 0.213 e. The molecule has 5 nitrogen and oxygen atoms in total. The maximum absolute atomic E-state index is 6.41. The third-order valence-electron chi connectivity index (χ3n) is 5.71. The summed E-state index contributed by atoms with van der Waals surface area (Å²) in [6, 6.07) is 22.7. The molecule has 3 heterocycles. The van der Waals surface area contributed by atoms with Crippen LogP contribution in [-0.4, -0.2) is 23.9 Å². The molecule has 2 unspecified atom stereocenters. The van der Waals surface area contributed by atoms with Gasteiger partial charge in [-0.1, -0.05) is 46.3 Å². The highest BCUT2D eigenvalue weighted by Crippen LogP contribution is 2.48. The Morgan fingerprint density at radius 1 is 0.867 bits per heavy atom. The number of ether oxygens (including phenoxy) is 3. The van der Waals surface area contributed by atoms with Gasteiger partial charge in [-0.2, -0.15) is 5.10 Å². The Morgan fingerprint density at radius 3 is 2.63 bits per heavy atom. The van der Waals surface area contributed by atoms with E-state index in [4.69, 9.17) is 19.3 Å². The molecule has 0 bridgehead atoms. The fourth-order valence-electron chi connectivity index (χ4n) is 4.31. The molecule has 0 amide bonds. The highest BCUT2D eigenvalue weighted by atomic mass is 79.9. The van der Waals surface area contributed by atoms with Gasteiger partial charge in [0.2, 0.25) is 6.23 Å². The van der Waals surface area contributed by atoms with Crippen LogP contribution < -0.4 is 14.2 Å².